The molecule has 0 aromatic rings. The molecule has 2 heterocycles. The molecule has 1 atom stereocenters. The number of nitrogens with two attached hydrogens (primary N) is 1. The molecule has 0 aromatic carbocycles. The van der Waals surface area contributed by atoms with E-state index in [0.29, 0.717) is 13.1 Å². The van der Waals surface area contributed by atoms with Crippen LogP contribution in [-0.2, 0) is 9.59 Å². The van der Waals surface area contributed by atoms with E-state index in [-0.39, 0.29) is 24.4 Å². The average Bonchev–Trinajstić information content (AvgIpc) is 2.35. The Hall–Kier alpha value is -1.36. The van der Waals surface area contributed by atoms with E-state index in [0.717, 1.165) is 31.4 Å². The number of rotatable bonds is 3. The second-order valence-electron chi connectivity index (χ2n) is 4.75. The molecule has 2 aliphatic rings. The van der Waals surface area contributed by atoms with E-state index in [1.165, 1.54) is 0 Å². The van der Waals surface area contributed by atoms with Crippen LogP contribution >= 0.6 is 0 Å². The van der Waals surface area contributed by atoms with E-state index in [1.54, 1.807) is 9.80 Å². The standard InChI is InChI=1S/C12H19N3O2/c1-9(6-13)7-14-8-11(16)15-5-3-2-4-10(15)12(14)17/h10H,1-8,13H2. The number of piperidine rings is 1. The van der Waals surface area contributed by atoms with E-state index >= 15 is 0 Å². The first kappa shape index (κ1) is 12.1. The average molecular weight is 237 g/mol. The molecule has 2 saturated heterocycles. The maximum atomic E-state index is 12.2. The SMILES string of the molecule is C=C(CN)CN1CC(=O)N2CCCCC2C1=O. The summed E-state index contributed by atoms with van der Waals surface area (Å²) in [5.74, 6) is 0.109. The monoisotopic (exact) mass is 237 g/mol. The molecule has 5 heteroatoms. The number of carbonyl (C=O) groups is 2. The highest BCUT2D eigenvalue weighted by atomic mass is 16.2. The first-order valence-corrected chi connectivity index (χ1v) is 6.08. The lowest BCUT2D eigenvalue weighted by atomic mass is 9.98. The summed E-state index contributed by atoms with van der Waals surface area (Å²) in [6, 6.07) is -0.240. The Kier molecular flexibility index (Phi) is 3.47. The minimum Gasteiger partial charge on any atom is -0.329 e. The van der Waals surface area contributed by atoms with Crippen molar-refractivity contribution in [3.05, 3.63) is 12.2 Å². The Morgan fingerprint density at radius 1 is 1.41 bits per heavy atom. The van der Waals surface area contributed by atoms with Gasteiger partial charge in [-0.2, -0.15) is 0 Å². The molecule has 2 amide bonds. The summed E-state index contributed by atoms with van der Waals surface area (Å²) in [6.45, 7) is 5.45. The van der Waals surface area contributed by atoms with Crippen molar-refractivity contribution in [2.24, 2.45) is 5.73 Å². The third kappa shape index (κ3) is 2.34. The molecule has 17 heavy (non-hydrogen) atoms. The van der Waals surface area contributed by atoms with Gasteiger partial charge in [-0.05, 0) is 24.8 Å². The summed E-state index contributed by atoms with van der Waals surface area (Å²) in [5.41, 5.74) is 6.26. The van der Waals surface area contributed by atoms with E-state index in [4.69, 9.17) is 5.73 Å². The van der Waals surface area contributed by atoms with Gasteiger partial charge in [0.05, 0.1) is 0 Å². The summed E-state index contributed by atoms with van der Waals surface area (Å²) >= 11 is 0. The molecular weight excluding hydrogens is 218 g/mol. The normalized spacial score (nSPS) is 24.9. The van der Waals surface area contributed by atoms with Gasteiger partial charge in [-0.25, -0.2) is 0 Å². The van der Waals surface area contributed by atoms with E-state index in [2.05, 4.69) is 6.58 Å². The second-order valence-corrected chi connectivity index (χ2v) is 4.75. The van der Waals surface area contributed by atoms with Crippen LogP contribution in [0.3, 0.4) is 0 Å². The number of piperazine rings is 1. The fraction of sp³-hybridized carbons (Fsp3) is 0.667. The first-order chi connectivity index (χ1) is 8.13. The summed E-state index contributed by atoms with van der Waals surface area (Å²) < 4.78 is 0. The fourth-order valence-corrected chi connectivity index (χ4v) is 2.50. The topological polar surface area (TPSA) is 66.6 Å². The maximum Gasteiger partial charge on any atom is 0.246 e. The van der Waals surface area contributed by atoms with Crippen molar-refractivity contribution in [2.45, 2.75) is 25.3 Å². The highest BCUT2D eigenvalue weighted by molar-refractivity contribution is 5.95. The van der Waals surface area contributed by atoms with Crippen LogP contribution < -0.4 is 5.73 Å². The zero-order valence-electron chi connectivity index (χ0n) is 10.0. The molecule has 2 N–H and O–H groups in total. The van der Waals surface area contributed by atoms with Crippen molar-refractivity contribution < 1.29 is 9.59 Å². The van der Waals surface area contributed by atoms with Gasteiger partial charge in [-0.3, -0.25) is 9.59 Å². The van der Waals surface area contributed by atoms with E-state index in [1.807, 2.05) is 0 Å². The van der Waals surface area contributed by atoms with Gasteiger partial charge < -0.3 is 15.5 Å². The van der Waals surface area contributed by atoms with Crippen LogP contribution in [-0.4, -0.2) is 53.8 Å². The largest absolute Gasteiger partial charge is 0.329 e. The minimum absolute atomic E-state index is 0.0545. The number of nitrogens with zero attached hydrogens (tertiary/aromatic N) is 2. The highest BCUT2D eigenvalue weighted by Crippen LogP contribution is 2.23. The molecule has 2 rings (SSSR count). The van der Waals surface area contributed by atoms with Gasteiger partial charge in [0.15, 0.2) is 0 Å². The molecular formula is C12H19N3O2. The van der Waals surface area contributed by atoms with Gasteiger partial charge in [0.1, 0.15) is 12.6 Å². The number of carbonyl (C=O) groups excluding carboxylic acids is 2. The lowest BCUT2D eigenvalue weighted by Gasteiger charge is -2.42. The van der Waals surface area contributed by atoms with Gasteiger partial charge >= 0.3 is 0 Å². The van der Waals surface area contributed by atoms with Crippen molar-refractivity contribution in [1.82, 2.24) is 9.80 Å². The fourth-order valence-electron chi connectivity index (χ4n) is 2.50. The summed E-state index contributed by atoms with van der Waals surface area (Å²) in [4.78, 5) is 27.4. The Balaban J connectivity index is 2.08. The molecule has 2 aliphatic heterocycles. The van der Waals surface area contributed by atoms with Gasteiger partial charge in [0, 0.05) is 19.6 Å². The Bertz CT molecular complexity index is 354. The second kappa shape index (κ2) is 4.87. The number of hydrogen-bond acceptors (Lipinski definition) is 3. The zero-order valence-corrected chi connectivity index (χ0v) is 10.0. The molecule has 0 bridgehead atoms. The first-order valence-electron chi connectivity index (χ1n) is 6.08. The van der Waals surface area contributed by atoms with Crippen LogP contribution in [0.5, 0.6) is 0 Å². The molecule has 1 unspecified atom stereocenters. The molecule has 94 valence electrons. The van der Waals surface area contributed by atoms with Crippen LogP contribution in [0.4, 0.5) is 0 Å². The Morgan fingerprint density at radius 2 is 2.18 bits per heavy atom. The lowest BCUT2D eigenvalue weighted by Crippen LogP contribution is -2.61. The number of hydrogen-bond donors (Lipinski definition) is 1. The van der Waals surface area contributed by atoms with Crippen molar-refractivity contribution >= 4 is 11.8 Å². The molecule has 0 saturated carbocycles. The highest BCUT2D eigenvalue weighted by Gasteiger charge is 2.40. The van der Waals surface area contributed by atoms with Crippen molar-refractivity contribution in [3.8, 4) is 0 Å². The van der Waals surface area contributed by atoms with E-state index < -0.39 is 0 Å². The summed E-state index contributed by atoms with van der Waals surface area (Å²) in [5, 5.41) is 0. The third-order valence-electron chi connectivity index (χ3n) is 3.45. The molecule has 0 radical (unpaired) electrons. The Labute approximate surface area is 101 Å². The quantitative estimate of drug-likeness (QED) is 0.687. The Morgan fingerprint density at radius 3 is 2.88 bits per heavy atom. The summed E-state index contributed by atoms with van der Waals surface area (Å²) in [7, 11) is 0. The minimum atomic E-state index is -0.240. The van der Waals surface area contributed by atoms with Crippen LogP contribution in [0.2, 0.25) is 0 Å². The van der Waals surface area contributed by atoms with Gasteiger partial charge in [0.25, 0.3) is 0 Å². The molecule has 2 fully saturated rings. The van der Waals surface area contributed by atoms with Crippen molar-refractivity contribution in [1.29, 1.82) is 0 Å². The van der Waals surface area contributed by atoms with Crippen LogP contribution in [0.25, 0.3) is 0 Å². The summed E-state index contributed by atoms with van der Waals surface area (Å²) in [6.07, 6.45) is 2.81. The molecule has 0 aromatic heterocycles. The maximum absolute atomic E-state index is 12.2. The predicted molar refractivity (Wildman–Crippen MR) is 64.1 cm³/mol. The smallest absolute Gasteiger partial charge is 0.246 e. The third-order valence-corrected chi connectivity index (χ3v) is 3.45. The predicted octanol–water partition coefficient (Wildman–Crippen LogP) is -0.275. The van der Waals surface area contributed by atoms with Crippen LogP contribution in [0, 0.1) is 0 Å². The lowest BCUT2D eigenvalue weighted by molar-refractivity contribution is -0.157. The molecule has 5 nitrogen and oxygen atoms in total. The molecule has 0 spiro atoms. The van der Waals surface area contributed by atoms with E-state index in [9.17, 15) is 9.59 Å². The van der Waals surface area contributed by atoms with Gasteiger partial charge in [-0.1, -0.05) is 6.58 Å². The van der Waals surface area contributed by atoms with Crippen molar-refractivity contribution in [2.75, 3.05) is 26.2 Å². The number of fused-ring (bicyclic) bond motifs is 1. The zero-order chi connectivity index (χ0) is 12.4. The number of amides is 2. The van der Waals surface area contributed by atoms with Crippen LogP contribution in [0.15, 0.2) is 12.2 Å². The van der Waals surface area contributed by atoms with Crippen LogP contribution in [0.1, 0.15) is 19.3 Å². The molecule has 0 aliphatic carbocycles. The van der Waals surface area contributed by atoms with Gasteiger partial charge in [-0.15, -0.1) is 0 Å². The van der Waals surface area contributed by atoms with Crippen molar-refractivity contribution in [3.63, 3.8) is 0 Å². The van der Waals surface area contributed by atoms with Gasteiger partial charge in [0.2, 0.25) is 11.8 Å².